The Morgan fingerprint density at radius 1 is 1.23 bits per heavy atom. The zero-order valence-electron chi connectivity index (χ0n) is 15.3. The van der Waals surface area contributed by atoms with Crippen LogP contribution < -0.4 is 0 Å². The first-order chi connectivity index (χ1) is 12.4. The first-order valence-electron chi connectivity index (χ1n) is 9.02. The lowest BCUT2D eigenvalue weighted by atomic mass is 10.1. The second-order valence-electron chi connectivity index (χ2n) is 6.95. The van der Waals surface area contributed by atoms with Gasteiger partial charge in [-0.25, -0.2) is 8.42 Å². The zero-order valence-corrected chi connectivity index (χ0v) is 16.1. The summed E-state index contributed by atoms with van der Waals surface area (Å²) in [5.74, 6) is 0.594. The van der Waals surface area contributed by atoms with Crippen LogP contribution in [0.1, 0.15) is 25.3 Å². The summed E-state index contributed by atoms with van der Waals surface area (Å²) in [4.78, 5) is 14.3. The lowest BCUT2D eigenvalue weighted by molar-refractivity contribution is -0.126. The fraction of sp³-hybridized carbons (Fsp3) is 0.526. The van der Waals surface area contributed by atoms with Crippen LogP contribution in [0.5, 0.6) is 0 Å². The molecule has 1 heterocycles. The number of hydrogen-bond donors (Lipinski definition) is 0. The first kappa shape index (κ1) is 19.1. The molecule has 0 bridgehead atoms. The summed E-state index contributed by atoms with van der Waals surface area (Å²) < 4.78 is 31.8. The molecule has 1 saturated carbocycles. The molecule has 1 atom stereocenters. The molecule has 2 aliphatic rings. The highest BCUT2D eigenvalue weighted by Crippen LogP contribution is 2.34. The maximum atomic E-state index is 12.6. The van der Waals surface area contributed by atoms with E-state index in [9.17, 15) is 13.2 Å². The molecule has 0 N–H and O–H groups in total. The van der Waals surface area contributed by atoms with E-state index in [1.807, 2.05) is 7.05 Å². The standard InChI is InChI=1S/C19H26N2O4S/c1-15(17-6-7-17)20(2)19(22)10-5-16-3-8-18(9-4-16)26(23,24)21-11-13-25-14-12-21/h3-5,8-10,15,17H,6-7,11-14H2,1-2H3/b10-5+. The minimum atomic E-state index is -3.48. The lowest BCUT2D eigenvalue weighted by Crippen LogP contribution is -2.40. The molecule has 0 radical (unpaired) electrons. The van der Waals surface area contributed by atoms with Crippen LogP contribution >= 0.6 is 0 Å². The van der Waals surface area contributed by atoms with E-state index in [1.54, 1.807) is 41.3 Å². The smallest absolute Gasteiger partial charge is 0.246 e. The minimum absolute atomic E-state index is 0.0329. The third-order valence-corrected chi connectivity index (χ3v) is 7.08. The number of morpholine rings is 1. The molecule has 1 aromatic rings. The fourth-order valence-corrected chi connectivity index (χ4v) is 4.48. The van der Waals surface area contributed by atoms with Crippen molar-refractivity contribution in [2.45, 2.75) is 30.7 Å². The van der Waals surface area contributed by atoms with Gasteiger partial charge in [-0.3, -0.25) is 4.79 Å². The van der Waals surface area contributed by atoms with Crippen molar-refractivity contribution in [2.24, 2.45) is 5.92 Å². The Morgan fingerprint density at radius 2 is 1.85 bits per heavy atom. The van der Waals surface area contributed by atoms with E-state index in [2.05, 4.69) is 6.92 Å². The topological polar surface area (TPSA) is 66.9 Å². The summed E-state index contributed by atoms with van der Waals surface area (Å²) in [5.41, 5.74) is 0.798. The van der Waals surface area contributed by atoms with Crippen LogP contribution in [0.15, 0.2) is 35.2 Å². The van der Waals surface area contributed by atoms with E-state index in [0.29, 0.717) is 32.2 Å². The van der Waals surface area contributed by atoms with Crippen molar-refractivity contribution in [2.75, 3.05) is 33.4 Å². The molecule has 1 aliphatic heterocycles. The Morgan fingerprint density at radius 3 is 2.42 bits per heavy atom. The molecule has 1 saturated heterocycles. The van der Waals surface area contributed by atoms with Crippen LogP contribution in [0.3, 0.4) is 0 Å². The largest absolute Gasteiger partial charge is 0.379 e. The van der Waals surface area contributed by atoms with Gasteiger partial charge in [0.05, 0.1) is 18.1 Å². The number of sulfonamides is 1. The van der Waals surface area contributed by atoms with Gasteiger partial charge in [0, 0.05) is 32.3 Å². The number of amides is 1. The van der Waals surface area contributed by atoms with Crippen molar-refractivity contribution < 1.29 is 17.9 Å². The lowest BCUT2D eigenvalue weighted by Gasteiger charge is -2.26. The molecule has 1 aliphatic carbocycles. The van der Waals surface area contributed by atoms with Gasteiger partial charge in [0.1, 0.15) is 0 Å². The molecule has 6 nitrogen and oxygen atoms in total. The highest BCUT2D eigenvalue weighted by molar-refractivity contribution is 7.89. The van der Waals surface area contributed by atoms with E-state index in [0.717, 1.165) is 5.56 Å². The maximum absolute atomic E-state index is 12.6. The predicted molar refractivity (Wildman–Crippen MR) is 100 cm³/mol. The van der Waals surface area contributed by atoms with Crippen LogP contribution in [0.25, 0.3) is 6.08 Å². The molecule has 26 heavy (non-hydrogen) atoms. The van der Waals surface area contributed by atoms with Crippen LogP contribution in [-0.4, -0.2) is 62.9 Å². The molecular formula is C19H26N2O4S. The van der Waals surface area contributed by atoms with Gasteiger partial charge in [-0.15, -0.1) is 0 Å². The van der Waals surface area contributed by atoms with Crippen LogP contribution in [0.2, 0.25) is 0 Å². The molecule has 142 valence electrons. The SMILES string of the molecule is CC(C1CC1)N(C)C(=O)/C=C/c1ccc(S(=O)(=O)N2CCOCC2)cc1. The van der Waals surface area contributed by atoms with E-state index in [4.69, 9.17) is 4.74 Å². The van der Waals surface area contributed by atoms with Crippen molar-refractivity contribution >= 4 is 22.0 Å². The summed E-state index contributed by atoms with van der Waals surface area (Å²) in [7, 11) is -1.66. The molecule has 2 fully saturated rings. The minimum Gasteiger partial charge on any atom is -0.379 e. The Labute approximate surface area is 155 Å². The van der Waals surface area contributed by atoms with Gasteiger partial charge < -0.3 is 9.64 Å². The van der Waals surface area contributed by atoms with Gasteiger partial charge in [0.15, 0.2) is 0 Å². The number of carbonyl (C=O) groups excluding carboxylic acids is 1. The van der Waals surface area contributed by atoms with Crippen LogP contribution in [-0.2, 0) is 19.6 Å². The molecule has 1 unspecified atom stereocenters. The average molecular weight is 378 g/mol. The van der Waals surface area contributed by atoms with Crippen molar-refractivity contribution in [1.82, 2.24) is 9.21 Å². The molecule has 3 rings (SSSR count). The van der Waals surface area contributed by atoms with Crippen molar-refractivity contribution in [3.05, 3.63) is 35.9 Å². The van der Waals surface area contributed by atoms with Crippen molar-refractivity contribution in [3.63, 3.8) is 0 Å². The molecule has 1 amide bonds. The van der Waals surface area contributed by atoms with Crippen molar-refractivity contribution in [1.29, 1.82) is 0 Å². The van der Waals surface area contributed by atoms with Gasteiger partial charge >= 0.3 is 0 Å². The van der Waals surface area contributed by atoms with Crippen LogP contribution in [0.4, 0.5) is 0 Å². The van der Waals surface area contributed by atoms with Gasteiger partial charge in [-0.05, 0) is 49.5 Å². The second kappa shape index (κ2) is 7.90. The Kier molecular flexibility index (Phi) is 5.79. The molecule has 0 aromatic heterocycles. The second-order valence-corrected chi connectivity index (χ2v) is 8.88. The molecular weight excluding hydrogens is 352 g/mol. The van der Waals surface area contributed by atoms with E-state index in [1.165, 1.54) is 17.1 Å². The summed E-state index contributed by atoms with van der Waals surface area (Å²) in [5, 5.41) is 0. The number of nitrogens with zero attached hydrogens (tertiary/aromatic N) is 2. The van der Waals surface area contributed by atoms with Gasteiger partial charge in [-0.1, -0.05) is 12.1 Å². The number of likely N-dealkylation sites (N-methyl/N-ethyl adjacent to an activating group) is 1. The monoisotopic (exact) mass is 378 g/mol. The molecule has 7 heteroatoms. The number of carbonyl (C=O) groups is 1. The quantitative estimate of drug-likeness (QED) is 0.710. The molecule has 0 spiro atoms. The highest BCUT2D eigenvalue weighted by Gasteiger charge is 2.31. The van der Waals surface area contributed by atoms with E-state index < -0.39 is 10.0 Å². The van der Waals surface area contributed by atoms with Gasteiger partial charge in [0.2, 0.25) is 15.9 Å². The van der Waals surface area contributed by atoms with Crippen LogP contribution in [0, 0.1) is 5.92 Å². The number of hydrogen-bond acceptors (Lipinski definition) is 4. The predicted octanol–water partition coefficient (Wildman–Crippen LogP) is 1.98. The summed E-state index contributed by atoms with van der Waals surface area (Å²) in [6.07, 6.45) is 5.66. The normalized spacial score (nSPS) is 20.2. The highest BCUT2D eigenvalue weighted by atomic mass is 32.2. The Balaban J connectivity index is 1.64. The summed E-state index contributed by atoms with van der Waals surface area (Å²) in [6.45, 7) is 3.69. The van der Waals surface area contributed by atoms with Gasteiger partial charge in [-0.2, -0.15) is 4.31 Å². The summed E-state index contributed by atoms with van der Waals surface area (Å²) >= 11 is 0. The first-order valence-corrected chi connectivity index (χ1v) is 10.5. The Bertz CT molecular complexity index is 763. The number of rotatable bonds is 6. The third kappa shape index (κ3) is 4.34. The zero-order chi connectivity index (χ0) is 18.7. The summed E-state index contributed by atoms with van der Waals surface area (Å²) in [6, 6.07) is 6.88. The van der Waals surface area contributed by atoms with Crippen molar-refractivity contribution in [3.8, 4) is 0 Å². The average Bonchev–Trinajstić information content (AvgIpc) is 3.51. The van der Waals surface area contributed by atoms with E-state index >= 15 is 0 Å². The van der Waals surface area contributed by atoms with Gasteiger partial charge in [0.25, 0.3) is 0 Å². The third-order valence-electron chi connectivity index (χ3n) is 5.17. The fourth-order valence-electron chi connectivity index (χ4n) is 3.07. The van der Waals surface area contributed by atoms with E-state index in [-0.39, 0.29) is 16.8 Å². The molecule has 1 aromatic carbocycles. The Hall–Kier alpha value is -1.70. The number of benzene rings is 1. The number of ether oxygens (including phenoxy) is 1. The maximum Gasteiger partial charge on any atom is 0.246 e.